The Kier molecular flexibility index (Phi) is 3.22. The predicted molar refractivity (Wildman–Crippen MR) is 74.1 cm³/mol. The SMILES string of the molecule is Cn1cccc1C([C]1[CH][CH][CH][CH]1)c1ccccc1. The first-order chi connectivity index (χ1) is 8.86. The molecule has 0 N–H and O–H groups in total. The van der Waals surface area contributed by atoms with Gasteiger partial charge in [-0.15, -0.1) is 0 Å². The molecule has 1 fully saturated rings. The van der Waals surface area contributed by atoms with Gasteiger partial charge in [0.1, 0.15) is 0 Å². The molecule has 1 aromatic heterocycles. The molecule has 1 aliphatic rings. The second kappa shape index (κ2) is 5.01. The Morgan fingerprint density at radius 2 is 1.61 bits per heavy atom. The van der Waals surface area contributed by atoms with Gasteiger partial charge in [-0.2, -0.15) is 0 Å². The molecule has 0 bridgehead atoms. The molecule has 3 rings (SSSR count). The van der Waals surface area contributed by atoms with Crippen LogP contribution in [0.25, 0.3) is 0 Å². The van der Waals surface area contributed by atoms with Crippen molar-refractivity contribution in [2.45, 2.75) is 5.92 Å². The van der Waals surface area contributed by atoms with E-state index in [9.17, 15) is 0 Å². The fourth-order valence-electron chi connectivity index (χ4n) is 2.54. The number of aromatic nitrogens is 1. The van der Waals surface area contributed by atoms with Gasteiger partial charge in [0.25, 0.3) is 0 Å². The summed E-state index contributed by atoms with van der Waals surface area (Å²) in [6, 6.07) is 15.0. The summed E-state index contributed by atoms with van der Waals surface area (Å²) in [5, 5.41) is 0. The first-order valence-electron chi connectivity index (χ1n) is 6.24. The zero-order valence-corrected chi connectivity index (χ0v) is 10.5. The number of hydrogen-bond donors (Lipinski definition) is 0. The van der Waals surface area contributed by atoms with E-state index in [0.717, 1.165) is 0 Å². The summed E-state index contributed by atoms with van der Waals surface area (Å²) in [6.45, 7) is 0. The largest absolute Gasteiger partial charge is 0.354 e. The van der Waals surface area contributed by atoms with Crippen molar-refractivity contribution in [2.75, 3.05) is 0 Å². The number of rotatable bonds is 3. The molecule has 1 unspecified atom stereocenters. The van der Waals surface area contributed by atoms with Gasteiger partial charge in [-0.25, -0.2) is 0 Å². The minimum Gasteiger partial charge on any atom is -0.354 e. The minimum atomic E-state index is 0.321. The van der Waals surface area contributed by atoms with E-state index in [4.69, 9.17) is 0 Å². The molecule has 1 heterocycles. The quantitative estimate of drug-likeness (QED) is 0.765. The molecule has 1 aliphatic carbocycles. The van der Waals surface area contributed by atoms with Crippen molar-refractivity contribution >= 4 is 0 Å². The van der Waals surface area contributed by atoms with Crippen molar-refractivity contribution < 1.29 is 0 Å². The van der Waals surface area contributed by atoms with E-state index >= 15 is 0 Å². The number of aryl methyl sites for hydroxylation is 1. The van der Waals surface area contributed by atoms with Gasteiger partial charge >= 0.3 is 0 Å². The third-order valence-electron chi connectivity index (χ3n) is 3.43. The average molecular weight is 234 g/mol. The van der Waals surface area contributed by atoms with Crippen molar-refractivity contribution in [1.29, 1.82) is 0 Å². The third kappa shape index (κ3) is 2.10. The van der Waals surface area contributed by atoms with E-state index in [2.05, 4.69) is 86.0 Å². The fourth-order valence-corrected chi connectivity index (χ4v) is 2.54. The van der Waals surface area contributed by atoms with E-state index in [1.54, 1.807) is 0 Å². The van der Waals surface area contributed by atoms with Crippen LogP contribution in [0.2, 0.25) is 0 Å². The van der Waals surface area contributed by atoms with E-state index < -0.39 is 0 Å². The lowest BCUT2D eigenvalue weighted by molar-refractivity contribution is 0.755. The first-order valence-corrected chi connectivity index (χ1v) is 6.24. The van der Waals surface area contributed by atoms with E-state index in [1.165, 1.54) is 17.2 Å². The van der Waals surface area contributed by atoms with Crippen LogP contribution in [0.5, 0.6) is 0 Å². The first kappa shape index (κ1) is 11.6. The lowest BCUT2D eigenvalue weighted by atomic mass is 9.82. The van der Waals surface area contributed by atoms with E-state index in [-0.39, 0.29) is 0 Å². The maximum absolute atomic E-state index is 2.20. The molecule has 1 aromatic carbocycles. The molecular formula is C17H16N. The molecule has 0 amide bonds. The van der Waals surface area contributed by atoms with Crippen LogP contribution in [0.3, 0.4) is 0 Å². The van der Waals surface area contributed by atoms with Crippen LogP contribution in [0.15, 0.2) is 48.7 Å². The Balaban J connectivity index is 2.01. The summed E-state index contributed by atoms with van der Waals surface area (Å²) in [7, 11) is 2.11. The van der Waals surface area contributed by atoms with Crippen LogP contribution in [0.1, 0.15) is 17.2 Å². The van der Waals surface area contributed by atoms with Gasteiger partial charge in [-0.3, -0.25) is 0 Å². The summed E-state index contributed by atoms with van der Waals surface area (Å²) >= 11 is 0. The maximum Gasteiger partial charge on any atom is 0.0310 e. The standard InChI is InChI=1S/C17H16N/c1-18-13-7-12-16(18)17(15-10-5-6-11-15)14-8-3-2-4-9-14/h2-13,17H,1H3. The molecule has 0 saturated heterocycles. The van der Waals surface area contributed by atoms with Gasteiger partial charge in [-0.1, -0.05) is 30.3 Å². The summed E-state index contributed by atoms with van der Waals surface area (Å²) < 4.78 is 2.20. The molecular weight excluding hydrogens is 218 g/mol. The molecule has 1 atom stereocenters. The van der Waals surface area contributed by atoms with Crippen LogP contribution in [-0.4, -0.2) is 4.57 Å². The van der Waals surface area contributed by atoms with Crippen LogP contribution in [0, 0.1) is 31.6 Å². The molecule has 1 saturated carbocycles. The van der Waals surface area contributed by atoms with Crippen molar-refractivity contribution in [3.05, 3.63) is 91.5 Å². The number of benzene rings is 1. The maximum atomic E-state index is 2.20. The molecule has 1 heteroatoms. The summed E-state index contributed by atoms with van der Waals surface area (Å²) in [6.07, 6.45) is 10.7. The highest BCUT2D eigenvalue weighted by Gasteiger charge is 2.30. The summed E-state index contributed by atoms with van der Waals surface area (Å²) in [4.78, 5) is 0. The van der Waals surface area contributed by atoms with Crippen molar-refractivity contribution in [1.82, 2.24) is 4.57 Å². The van der Waals surface area contributed by atoms with Gasteiger partial charge in [-0.05, 0) is 49.3 Å². The fraction of sp³-hybridized carbons (Fsp3) is 0.118. The minimum absolute atomic E-state index is 0.321. The molecule has 2 aromatic rings. The Bertz CT molecular complexity index is 491. The number of nitrogens with zero attached hydrogens (tertiary/aromatic N) is 1. The second-order valence-electron chi connectivity index (χ2n) is 4.61. The Morgan fingerprint density at radius 1 is 0.889 bits per heavy atom. The predicted octanol–water partition coefficient (Wildman–Crippen LogP) is 3.56. The number of hydrogen-bond acceptors (Lipinski definition) is 0. The topological polar surface area (TPSA) is 4.93 Å². The van der Waals surface area contributed by atoms with Crippen LogP contribution in [-0.2, 0) is 7.05 Å². The molecule has 5 radical (unpaired) electrons. The third-order valence-corrected chi connectivity index (χ3v) is 3.43. The lowest BCUT2D eigenvalue weighted by Crippen LogP contribution is -2.13. The highest BCUT2D eigenvalue weighted by molar-refractivity contribution is 5.48. The van der Waals surface area contributed by atoms with Gasteiger partial charge in [0.05, 0.1) is 0 Å². The van der Waals surface area contributed by atoms with Gasteiger partial charge < -0.3 is 4.57 Å². The molecule has 18 heavy (non-hydrogen) atoms. The zero-order chi connectivity index (χ0) is 12.4. The Morgan fingerprint density at radius 3 is 2.22 bits per heavy atom. The van der Waals surface area contributed by atoms with Gasteiger partial charge in [0.15, 0.2) is 0 Å². The van der Waals surface area contributed by atoms with Crippen LogP contribution in [0.4, 0.5) is 0 Å². The van der Waals surface area contributed by atoms with Gasteiger partial charge in [0, 0.05) is 24.9 Å². The van der Waals surface area contributed by atoms with Crippen LogP contribution < -0.4 is 0 Å². The van der Waals surface area contributed by atoms with Crippen LogP contribution >= 0.6 is 0 Å². The molecule has 0 aliphatic heterocycles. The van der Waals surface area contributed by atoms with Crippen molar-refractivity contribution in [2.24, 2.45) is 7.05 Å². The van der Waals surface area contributed by atoms with Crippen molar-refractivity contribution in [3.8, 4) is 0 Å². The Labute approximate surface area is 109 Å². The highest BCUT2D eigenvalue weighted by atomic mass is 14.9. The average Bonchev–Trinajstić information content (AvgIpc) is 3.05. The van der Waals surface area contributed by atoms with Gasteiger partial charge in [0.2, 0.25) is 0 Å². The zero-order valence-electron chi connectivity index (χ0n) is 10.5. The molecule has 1 nitrogen and oxygen atoms in total. The highest BCUT2D eigenvalue weighted by Crippen LogP contribution is 2.41. The second-order valence-corrected chi connectivity index (χ2v) is 4.61. The summed E-state index contributed by atoms with van der Waals surface area (Å²) in [5.41, 5.74) is 2.66. The lowest BCUT2D eigenvalue weighted by Gasteiger charge is -2.24. The smallest absolute Gasteiger partial charge is 0.0310 e. The summed E-state index contributed by atoms with van der Waals surface area (Å²) in [5.74, 6) is 1.67. The van der Waals surface area contributed by atoms with Crippen molar-refractivity contribution in [3.63, 3.8) is 0 Å². The normalized spacial score (nSPS) is 18.1. The molecule has 0 spiro atoms. The van der Waals surface area contributed by atoms with E-state index in [1.807, 2.05) is 0 Å². The Hall–Kier alpha value is -1.50. The molecule has 89 valence electrons. The van der Waals surface area contributed by atoms with E-state index in [0.29, 0.717) is 5.92 Å². The monoisotopic (exact) mass is 234 g/mol.